The first-order chi connectivity index (χ1) is 8.54. The fraction of sp³-hybridized carbons (Fsp3) is 0.500. The van der Waals surface area contributed by atoms with Crippen LogP contribution in [0.25, 0.3) is 0 Å². The number of methoxy groups -OCH3 is 1. The highest BCUT2D eigenvalue weighted by Gasteiger charge is 2.13. The second-order valence-electron chi connectivity index (χ2n) is 4.63. The largest absolute Gasteiger partial charge is 0.493 e. The summed E-state index contributed by atoms with van der Waals surface area (Å²) in [5.41, 5.74) is 6.55. The SMILES string of the molecule is COC(=O)c1cc(N)ccc1OCCCC(C)C. The second kappa shape index (κ2) is 6.89. The Morgan fingerprint density at radius 3 is 2.72 bits per heavy atom. The molecule has 0 unspecified atom stereocenters. The molecule has 0 saturated heterocycles. The van der Waals surface area contributed by atoms with Crippen molar-refractivity contribution in [2.75, 3.05) is 19.5 Å². The lowest BCUT2D eigenvalue weighted by atomic mass is 10.1. The van der Waals surface area contributed by atoms with Gasteiger partial charge in [-0.3, -0.25) is 0 Å². The molecule has 18 heavy (non-hydrogen) atoms. The lowest BCUT2D eigenvalue weighted by molar-refractivity contribution is 0.0596. The number of hydrogen-bond donors (Lipinski definition) is 1. The number of esters is 1. The quantitative estimate of drug-likeness (QED) is 0.480. The molecule has 100 valence electrons. The standard InChI is InChI=1S/C14H21NO3/c1-10(2)5-4-8-18-13-7-6-11(15)9-12(13)14(16)17-3/h6-7,9-10H,4-5,8,15H2,1-3H3. The highest BCUT2D eigenvalue weighted by atomic mass is 16.5. The zero-order valence-electron chi connectivity index (χ0n) is 11.2. The van der Waals surface area contributed by atoms with Crippen LogP contribution in [0.1, 0.15) is 37.0 Å². The maximum Gasteiger partial charge on any atom is 0.341 e. The molecule has 0 heterocycles. The number of ether oxygens (including phenoxy) is 2. The van der Waals surface area contributed by atoms with E-state index in [-0.39, 0.29) is 0 Å². The van der Waals surface area contributed by atoms with Gasteiger partial charge in [0.2, 0.25) is 0 Å². The average Bonchev–Trinajstić information content (AvgIpc) is 2.34. The Labute approximate surface area is 108 Å². The molecule has 0 aliphatic rings. The van der Waals surface area contributed by atoms with E-state index < -0.39 is 5.97 Å². The van der Waals surface area contributed by atoms with Crippen molar-refractivity contribution in [1.82, 2.24) is 0 Å². The van der Waals surface area contributed by atoms with Gasteiger partial charge in [0.15, 0.2) is 0 Å². The summed E-state index contributed by atoms with van der Waals surface area (Å²) in [6, 6.07) is 4.99. The summed E-state index contributed by atoms with van der Waals surface area (Å²) in [5.74, 6) is 0.751. The number of nitrogens with two attached hydrogens (primary N) is 1. The van der Waals surface area contributed by atoms with Crippen LogP contribution in [0.5, 0.6) is 5.75 Å². The summed E-state index contributed by atoms with van der Waals surface area (Å²) in [6.45, 7) is 4.93. The number of benzene rings is 1. The van der Waals surface area contributed by atoms with Gasteiger partial charge in [-0.15, -0.1) is 0 Å². The zero-order valence-corrected chi connectivity index (χ0v) is 11.2. The fourth-order valence-corrected chi connectivity index (χ4v) is 1.62. The summed E-state index contributed by atoms with van der Waals surface area (Å²) in [5, 5.41) is 0. The van der Waals surface area contributed by atoms with E-state index in [2.05, 4.69) is 13.8 Å². The molecule has 1 rings (SSSR count). The van der Waals surface area contributed by atoms with Crippen molar-refractivity contribution in [3.63, 3.8) is 0 Å². The van der Waals surface area contributed by atoms with E-state index in [4.69, 9.17) is 15.2 Å². The van der Waals surface area contributed by atoms with Gasteiger partial charge in [0.1, 0.15) is 11.3 Å². The first-order valence-electron chi connectivity index (χ1n) is 6.15. The van der Waals surface area contributed by atoms with Gasteiger partial charge in [-0.05, 0) is 37.0 Å². The van der Waals surface area contributed by atoms with E-state index in [1.54, 1.807) is 18.2 Å². The van der Waals surface area contributed by atoms with Gasteiger partial charge in [0.05, 0.1) is 13.7 Å². The molecule has 1 aromatic carbocycles. The highest BCUT2D eigenvalue weighted by molar-refractivity contribution is 5.93. The number of carbonyl (C=O) groups excluding carboxylic acids is 1. The minimum atomic E-state index is -0.429. The first-order valence-corrected chi connectivity index (χ1v) is 6.15. The number of rotatable bonds is 6. The molecule has 0 aliphatic carbocycles. The van der Waals surface area contributed by atoms with Gasteiger partial charge >= 0.3 is 5.97 Å². The maximum absolute atomic E-state index is 11.6. The van der Waals surface area contributed by atoms with Crippen LogP contribution in [0.3, 0.4) is 0 Å². The molecule has 0 fully saturated rings. The Hall–Kier alpha value is -1.71. The van der Waals surface area contributed by atoms with Crippen LogP contribution in [0.15, 0.2) is 18.2 Å². The molecule has 0 amide bonds. The van der Waals surface area contributed by atoms with Crippen molar-refractivity contribution in [2.24, 2.45) is 5.92 Å². The van der Waals surface area contributed by atoms with Crippen molar-refractivity contribution < 1.29 is 14.3 Å². The normalized spacial score (nSPS) is 10.4. The molecule has 4 heteroatoms. The van der Waals surface area contributed by atoms with Gasteiger partial charge in [-0.1, -0.05) is 13.8 Å². The Balaban J connectivity index is 2.66. The predicted octanol–water partition coefficient (Wildman–Crippen LogP) is 2.87. The van der Waals surface area contributed by atoms with Gasteiger partial charge in [-0.2, -0.15) is 0 Å². The van der Waals surface area contributed by atoms with Crippen LogP contribution in [0.2, 0.25) is 0 Å². The van der Waals surface area contributed by atoms with E-state index in [9.17, 15) is 4.79 Å². The lowest BCUT2D eigenvalue weighted by Gasteiger charge is -2.11. The Bertz CT molecular complexity index is 402. The minimum absolute atomic E-state index is 0.377. The predicted molar refractivity (Wildman–Crippen MR) is 71.8 cm³/mol. The van der Waals surface area contributed by atoms with E-state index in [0.717, 1.165) is 12.8 Å². The van der Waals surface area contributed by atoms with Crippen LogP contribution < -0.4 is 10.5 Å². The first kappa shape index (κ1) is 14.4. The summed E-state index contributed by atoms with van der Waals surface area (Å²) >= 11 is 0. The molecule has 0 aliphatic heterocycles. The van der Waals surface area contributed by atoms with E-state index in [1.165, 1.54) is 7.11 Å². The van der Waals surface area contributed by atoms with Crippen molar-refractivity contribution >= 4 is 11.7 Å². The molecular formula is C14H21NO3. The number of nitrogen functional groups attached to an aromatic ring is 1. The van der Waals surface area contributed by atoms with Gasteiger partial charge < -0.3 is 15.2 Å². The van der Waals surface area contributed by atoms with Crippen molar-refractivity contribution in [2.45, 2.75) is 26.7 Å². The van der Waals surface area contributed by atoms with Crippen molar-refractivity contribution in [3.8, 4) is 5.75 Å². The summed E-state index contributed by atoms with van der Waals surface area (Å²) < 4.78 is 10.3. The van der Waals surface area contributed by atoms with Crippen LogP contribution in [0.4, 0.5) is 5.69 Å². The summed E-state index contributed by atoms with van der Waals surface area (Å²) in [6.07, 6.45) is 2.06. The van der Waals surface area contributed by atoms with E-state index in [0.29, 0.717) is 29.5 Å². The van der Waals surface area contributed by atoms with Crippen LogP contribution in [0, 0.1) is 5.92 Å². The molecule has 0 spiro atoms. The second-order valence-corrected chi connectivity index (χ2v) is 4.63. The third kappa shape index (κ3) is 4.28. The number of anilines is 1. The Morgan fingerprint density at radius 2 is 2.11 bits per heavy atom. The molecule has 0 saturated carbocycles. The fourth-order valence-electron chi connectivity index (χ4n) is 1.62. The van der Waals surface area contributed by atoms with Crippen molar-refractivity contribution in [3.05, 3.63) is 23.8 Å². The smallest absolute Gasteiger partial charge is 0.341 e. The van der Waals surface area contributed by atoms with E-state index in [1.807, 2.05) is 0 Å². The molecule has 4 nitrogen and oxygen atoms in total. The van der Waals surface area contributed by atoms with E-state index >= 15 is 0 Å². The topological polar surface area (TPSA) is 61.5 Å². The van der Waals surface area contributed by atoms with Crippen LogP contribution in [-0.2, 0) is 4.74 Å². The molecule has 0 atom stereocenters. The average molecular weight is 251 g/mol. The van der Waals surface area contributed by atoms with Crippen molar-refractivity contribution in [1.29, 1.82) is 0 Å². The Kier molecular flexibility index (Phi) is 5.49. The molecule has 1 aromatic rings. The maximum atomic E-state index is 11.6. The van der Waals surface area contributed by atoms with Crippen LogP contribution in [-0.4, -0.2) is 19.7 Å². The lowest BCUT2D eigenvalue weighted by Crippen LogP contribution is -2.08. The zero-order chi connectivity index (χ0) is 13.5. The number of carbonyl (C=O) groups is 1. The molecule has 0 bridgehead atoms. The molecule has 0 radical (unpaired) electrons. The van der Waals surface area contributed by atoms with Gasteiger partial charge in [0, 0.05) is 5.69 Å². The third-order valence-corrected chi connectivity index (χ3v) is 2.59. The summed E-state index contributed by atoms with van der Waals surface area (Å²) in [7, 11) is 1.34. The highest BCUT2D eigenvalue weighted by Crippen LogP contribution is 2.22. The molecular weight excluding hydrogens is 230 g/mol. The summed E-state index contributed by atoms with van der Waals surface area (Å²) in [4.78, 5) is 11.6. The number of hydrogen-bond acceptors (Lipinski definition) is 4. The van der Waals surface area contributed by atoms with Gasteiger partial charge in [0.25, 0.3) is 0 Å². The monoisotopic (exact) mass is 251 g/mol. The molecule has 2 N–H and O–H groups in total. The third-order valence-electron chi connectivity index (χ3n) is 2.59. The molecule has 0 aromatic heterocycles. The minimum Gasteiger partial charge on any atom is -0.493 e. The van der Waals surface area contributed by atoms with Crippen LogP contribution >= 0.6 is 0 Å². The Morgan fingerprint density at radius 1 is 1.39 bits per heavy atom. The van der Waals surface area contributed by atoms with Gasteiger partial charge in [-0.25, -0.2) is 4.79 Å².